The summed E-state index contributed by atoms with van der Waals surface area (Å²) in [7, 11) is 0. The van der Waals surface area contributed by atoms with Crippen molar-refractivity contribution in [2.45, 2.75) is 26.4 Å². The molecule has 0 aliphatic carbocycles. The summed E-state index contributed by atoms with van der Waals surface area (Å²) < 4.78 is 0. The van der Waals surface area contributed by atoms with Crippen LogP contribution in [-0.4, -0.2) is 26.9 Å². The Morgan fingerprint density at radius 1 is 1.33 bits per heavy atom. The second-order valence-electron chi connectivity index (χ2n) is 5.12. The first-order valence-corrected chi connectivity index (χ1v) is 6.78. The summed E-state index contributed by atoms with van der Waals surface area (Å²) in [5.74, 6) is -0.242. The number of pyridine rings is 1. The maximum Gasteiger partial charge on any atom is 0.254 e. The van der Waals surface area contributed by atoms with Crippen LogP contribution >= 0.6 is 0 Å². The molecule has 2 aromatic rings. The molecular weight excluding hydrogens is 266 g/mol. The van der Waals surface area contributed by atoms with Crippen molar-refractivity contribution in [2.24, 2.45) is 0 Å². The fourth-order valence-corrected chi connectivity index (χ4v) is 2.00. The molecule has 0 spiro atoms. The molecule has 5 heteroatoms. The van der Waals surface area contributed by atoms with Gasteiger partial charge >= 0.3 is 0 Å². The van der Waals surface area contributed by atoms with Gasteiger partial charge in [0.1, 0.15) is 5.75 Å². The van der Waals surface area contributed by atoms with Gasteiger partial charge in [-0.25, -0.2) is 0 Å². The van der Waals surface area contributed by atoms with Crippen molar-refractivity contribution < 1.29 is 9.90 Å². The lowest BCUT2D eigenvalue weighted by molar-refractivity contribution is 0.0687. The van der Waals surface area contributed by atoms with Crippen LogP contribution in [0.4, 0.5) is 5.69 Å². The lowest BCUT2D eigenvalue weighted by Crippen LogP contribution is -2.36. The zero-order valence-corrected chi connectivity index (χ0v) is 12.2. The standard InChI is InChI=1S/C16H19N3O2/c1-11(2)19(10-13-5-3-4-8-18-13)16(21)12-6-7-14(17)15(20)9-12/h3-9,11,20H,10,17H2,1-2H3. The smallest absolute Gasteiger partial charge is 0.254 e. The summed E-state index contributed by atoms with van der Waals surface area (Å²) in [4.78, 5) is 18.5. The summed E-state index contributed by atoms with van der Waals surface area (Å²) in [5.41, 5.74) is 7.05. The summed E-state index contributed by atoms with van der Waals surface area (Å²) in [6, 6.07) is 10.2. The Hall–Kier alpha value is -2.56. The zero-order chi connectivity index (χ0) is 15.4. The third-order valence-electron chi connectivity index (χ3n) is 3.22. The highest BCUT2D eigenvalue weighted by atomic mass is 16.3. The van der Waals surface area contributed by atoms with Gasteiger partial charge in [0.25, 0.3) is 5.91 Å². The van der Waals surface area contributed by atoms with Gasteiger partial charge < -0.3 is 15.7 Å². The van der Waals surface area contributed by atoms with E-state index in [0.717, 1.165) is 5.69 Å². The van der Waals surface area contributed by atoms with Crippen LogP contribution in [0.1, 0.15) is 29.9 Å². The minimum Gasteiger partial charge on any atom is -0.506 e. The molecule has 0 aliphatic heterocycles. The quantitative estimate of drug-likeness (QED) is 0.668. The van der Waals surface area contributed by atoms with Crippen LogP contribution in [0.5, 0.6) is 5.75 Å². The summed E-state index contributed by atoms with van der Waals surface area (Å²) in [5, 5.41) is 9.65. The average molecular weight is 285 g/mol. The summed E-state index contributed by atoms with van der Waals surface area (Å²) >= 11 is 0. The van der Waals surface area contributed by atoms with Gasteiger partial charge in [0.15, 0.2) is 0 Å². The highest BCUT2D eigenvalue weighted by molar-refractivity contribution is 5.95. The Kier molecular flexibility index (Phi) is 4.42. The van der Waals surface area contributed by atoms with Gasteiger partial charge in [-0.2, -0.15) is 0 Å². The lowest BCUT2D eigenvalue weighted by Gasteiger charge is -2.26. The highest BCUT2D eigenvalue weighted by Gasteiger charge is 2.20. The number of phenols is 1. The number of carbonyl (C=O) groups excluding carboxylic acids is 1. The monoisotopic (exact) mass is 285 g/mol. The molecule has 1 aromatic carbocycles. The van der Waals surface area contributed by atoms with Crippen LogP contribution in [0, 0.1) is 0 Å². The fourth-order valence-electron chi connectivity index (χ4n) is 2.00. The minimum absolute atomic E-state index is 0.0132. The number of benzene rings is 1. The molecule has 5 nitrogen and oxygen atoms in total. The van der Waals surface area contributed by atoms with E-state index in [2.05, 4.69) is 4.98 Å². The van der Waals surface area contributed by atoms with E-state index in [1.165, 1.54) is 12.1 Å². The van der Waals surface area contributed by atoms with Gasteiger partial charge in [0.2, 0.25) is 0 Å². The Labute approximate surface area is 124 Å². The van der Waals surface area contributed by atoms with Crippen LogP contribution in [0.25, 0.3) is 0 Å². The number of phenolic OH excluding ortho intramolecular Hbond substituents is 1. The molecule has 0 fully saturated rings. The Morgan fingerprint density at radius 3 is 2.67 bits per heavy atom. The first kappa shape index (κ1) is 14.8. The molecule has 0 aliphatic rings. The van der Waals surface area contributed by atoms with Crippen molar-refractivity contribution in [2.75, 3.05) is 5.73 Å². The van der Waals surface area contributed by atoms with E-state index >= 15 is 0 Å². The number of nitrogens with two attached hydrogens (primary N) is 1. The Bertz CT molecular complexity index is 627. The first-order valence-electron chi connectivity index (χ1n) is 6.78. The molecule has 1 amide bonds. The third-order valence-corrected chi connectivity index (χ3v) is 3.22. The van der Waals surface area contributed by atoms with E-state index in [1.807, 2.05) is 32.0 Å². The molecule has 21 heavy (non-hydrogen) atoms. The van der Waals surface area contributed by atoms with E-state index < -0.39 is 0 Å². The number of hydrogen-bond donors (Lipinski definition) is 2. The van der Waals surface area contributed by atoms with Crippen LogP contribution in [-0.2, 0) is 6.54 Å². The molecule has 0 bridgehead atoms. The van der Waals surface area contributed by atoms with Crippen molar-refractivity contribution in [3.05, 3.63) is 53.9 Å². The number of anilines is 1. The number of aromatic hydroxyl groups is 1. The van der Waals surface area contributed by atoms with Gasteiger partial charge in [-0.1, -0.05) is 6.07 Å². The number of aromatic nitrogens is 1. The largest absolute Gasteiger partial charge is 0.506 e. The maximum atomic E-state index is 12.6. The van der Waals surface area contributed by atoms with Crippen LogP contribution in [0.2, 0.25) is 0 Å². The van der Waals surface area contributed by atoms with Crippen molar-refractivity contribution in [3.8, 4) is 5.75 Å². The Morgan fingerprint density at radius 2 is 2.10 bits per heavy atom. The predicted molar refractivity (Wildman–Crippen MR) is 81.8 cm³/mol. The molecule has 0 saturated carbocycles. The molecule has 0 atom stereocenters. The molecular formula is C16H19N3O2. The van der Waals surface area contributed by atoms with E-state index in [1.54, 1.807) is 17.2 Å². The van der Waals surface area contributed by atoms with Crippen LogP contribution in [0.3, 0.4) is 0 Å². The number of carbonyl (C=O) groups is 1. The summed E-state index contributed by atoms with van der Waals surface area (Å²) in [6.45, 7) is 4.30. The van der Waals surface area contributed by atoms with Crippen molar-refractivity contribution in [3.63, 3.8) is 0 Å². The van der Waals surface area contributed by atoms with E-state index in [4.69, 9.17) is 5.73 Å². The zero-order valence-electron chi connectivity index (χ0n) is 12.2. The van der Waals surface area contributed by atoms with Gasteiger partial charge in [-0.05, 0) is 44.2 Å². The maximum absolute atomic E-state index is 12.6. The minimum atomic E-state index is -0.161. The van der Waals surface area contributed by atoms with E-state index in [-0.39, 0.29) is 23.4 Å². The number of rotatable bonds is 4. The second-order valence-corrected chi connectivity index (χ2v) is 5.12. The molecule has 0 saturated heterocycles. The number of amides is 1. The molecule has 0 unspecified atom stereocenters. The van der Waals surface area contributed by atoms with Crippen molar-refractivity contribution >= 4 is 11.6 Å². The molecule has 110 valence electrons. The summed E-state index contributed by atoms with van der Waals surface area (Å²) in [6.07, 6.45) is 1.70. The number of nitrogen functional groups attached to an aromatic ring is 1. The fraction of sp³-hybridized carbons (Fsp3) is 0.250. The molecule has 3 N–H and O–H groups in total. The van der Waals surface area contributed by atoms with Gasteiger partial charge in [0, 0.05) is 17.8 Å². The number of nitrogens with zero attached hydrogens (tertiary/aromatic N) is 2. The molecule has 1 heterocycles. The topological polar surface area (TPSA) is 79.5 Å². The first-order chi connectivity index (χ1) is 9.99. The van der Waals surface area contributed by atoms with E-state index in [9.17, 15) is 9.90 Å². The van der Waals surface area contributed by atoms with Crippen LogP contribution < -0.4 is 5.73 Å². The predicted octanol–water partition coefficient (Wildman–Crippen LogP) is 2.42. The average Bonchev–Trinajstić information content (AvgIpc) is 2.47. The SMILES string of the molecule is CC(C)N(Cc1ccccn1)C(=O)c1ccc(N)c(O)c1. The molecule has 1 aromatic heterocycles. The van der Waals surface area contributed by atoms with Crippen molar-refractivity contribution in [1.29, 1.82) is 0 Å². The molecule has 2 rings (SSSR count). The number of hydrogen-bond acceptors (Lipinski definition) is 4. The molecule has 0 radical (unpaired) electrons. The van der Waals surface area contributed by atoms with Gasteiger partial charge in [0.05, 0.1) is 17.9 Å². The van der Waals surface area contributed by atoms with Crippen LogP contribution in [0.15, 0.2) is 42.6 Å². The normalized spacial score (nSPS) is 10.6. The van der Waals surface area contributed by atoms with Gasteiger partial charge in [-0.3, -0.25) is 9.78 Å². The van der Waals surface area contributed by atoms with Crippen molar-refractivity contribution in [1.82, 2.24) is 9.88 Å². The Balaban J connectivity index is 2.25. The second kappa shape index (κ2) is 6.26. The lowest BCUT2D eigenvalue weighted by atomic mass is 10.1. The van der Waals surface area contributed by atoms with E-state index in [0.29, 0.717) is 12.1 Å². The van der Waals surface area contributed by atoms with Gasteiger partial charge in [-0.15, -0.1) is 0 Å². The third kappa shape index (κ3) is 3.51. The highest BCUT2D eigenvalue weighted by Crippen LogP contribution is 2.22.